The highest BCUT2D eigenvalue weighted by Gasteiger charge is 2.20. The Morgan fingerprint density at radius 2 is 1.70 bits per heavy atom. The van der Waals surface area contributed by atoms with E-state index in [9.17, 15) is 19.4 Å². The van der Waals surface area contributed by atoms with Crippen LogP contribution in [0.25, 0.3) is 0 Å². The summed E-state index contributed by atoms with van der Waals surface area (Å²) in [7, 11) is 1.47. The van der Waals surface area contributed by atoms with Crippen LogP contribution in [0, 0.1) is 5.82 Å². The minimum Gasteiger partial charge on any atom is -0.507 e. The van der Waals surface area contributed by atoms with Crippen LogP contribution in [0.2, 0.25) is 0 Å². The number of phenolic OH excluding ortho intramolecular Hbond substituents is 2. The number of halogens is 1. The number of aromatic hydroxyl groups is 2. The lowest BCUT2D eigenvalue weighted by Gasteiger charge is -2.18. The Labute approximate surface area is 115 Å². The molecule has 0 saturated carbocycles. The molecule has 104 valence electrons. The summed E-state index contributed by atoms with van der Waals surface area (Å²) in [6, 6.07) is 10.2. The van der Waals surface area contributed by atoms with E-state index in [0.29, 0.717) is 5.56 Å². The molecule has 1 amide bonds. The van der Waals surface area contributed by atoms with Gasteiger partial charge < -0.3 is 15.1 Å². The molecule has 20 heavy (non-hydrogen) atoms. The van der Waals surface area contributed by atoms with Crippen LogP contribution >= 0.6 is 0 Å². The fraction of sp³-hybridized carbons (Fsp3) is 0.133. The van der Waals surface area contributed by atoms with Gasteiger partial charge in [0.15, 0.2) is 0 Å². The first-order valence-corrected chi connectivity index (χ1v) is 6.00. The second kappa shape index (κ2) is 5.61. The van der Waals surface area contributed by atoms with Crippen molar-refractivity contribution in [3.8, 4) is 11.5 Å². The molecule has 2 N–H and O–H groups in total. The van der Waals surface area contributed by atoms with Crippen molar-refractivity contribution < 1.29 is 19.4 Å². The normalized spacial score (nSPS) is 10.3. The van der Waals surface area contributed by atoms with Gasteiger partial charge in [-0.1, -0.05) is 24.3 Å². The average Bonchev–Trinajstić information content (AvgIpc) is 2.41. The molecule has 0 aliphatic heterocycles. The molecule has 0 heterocycles. The number of rotatable bonds is 3. The van der Waals surface area contributed by atoms with Crippen LogP contribution < -0.4 is 0 Å². The zero-order valence-corrected chi connectivity index (χ0v) is 10.9. The zero-order valence-electron chi connectivity index (χ0n) is 10.9. The van der Waals surface area contributed by atoms with E-state index >= 15 is 0 Å². The third kappa shape index (κ3) is 2.71. The van der Waals surface area contributed by atoms with Gasteiger partial charge in [0.25, 0.3) is 5.91 Å². The first-order chi connectivity index (χ1) is 9.50. The molecule has 0 fully saturated rings. The minimum atomic E-state index is -0.580. The Morgan fingerprint density at radius 1 is 1.10 bits per heavy atom. The quantitative estimate of drug-likeness (QED) is 0.904. The Bertz CT molecular complexity index is 623. The third-order valence-corrected chi connectivity index (χ3v) is 2.95. The summed E-state index contributed by atoms with van der Waals surface area (Å²) < 4.78 is 13.5. The highest BCUT2D eigenvalue weighted by Crippen LogP contribution is 2.27. The number of carbonyl (C=O) groups is 1. The maximum absolute atomic E-state index is 13.5. The summed E-state index contributed by atoms with van der Waals surface area (Å²) in [4.78, 5) is 13.4. The molecule has 4 nitrogen and oxygen atoms in total. The number of benzene rings is 2. The molecular formula is C15H14FNO3. The van der Waals surface area contributed by atoms with E-state index in [4.69, 9.17) is 0 Å². The second-order valence-electron chi connectivity index (χ2n) is 4.42. The fourth-order valence-electron chi connectivity index (χ4n) is 1.89. The predicted octanol–water partition coefficient (Wildman–Crippen LogP) is 2.51. The molecule has 0 radical (unpaired) electrons. The smallest absolute Gasteiger partial charge is 0.261 e. The van der Waals surface area contributed by atoms with Crippen molar-refractivity contribution in [2.45, 2.75) is 6.54 Å². The molecule has 0 spiro atoms. The van der Waals surface area contributed by atoms with Gasteiger partial charge in [0.05, 0.1) is 0 Å². The molecule has 0 saturated heterocycles. The van der Waals surface area contributed by atoms with Crippen molar-refractivity contribution in [1.29, 1.82) is 0 Å². The van der Waals surface area contributed by atoms with Crippen molar-refractivity contribution in [2.75, 3.05) is 7.05 Å². The highest BCUT2D eigenvalue weighted by atomic mass is 19.1. The molecule has 0 aliphatic rings. The van der Waals surface area contributed by atoms with Gasteiger partial charge in [0.2, 0.25) is 0 Å². The van der Waals surface area contributed by atoms with Gasteiger partial charge in [-0.2, -0.15) is 0 Å². The molecule has 2 rings (SSSR count). The molecule has 5 heteroatoms. The third-order valence-electron chi connectivity index (χ3n) is 2.95. The summed E-state index contributed by atoms with van der Waals surface area (Å²) in [5.74, 6) is -1.61. The summed E-state index contributed by atoms with van der Waals surface area (Å²) >= 11 is 0. The number of hydrogen-bond acceptors (Lipinski definition) is 3. The van der Waals surface area contributed by atoms with Gasteiger partial charge in [-0.15, -0.1) is 0 Å². The Kier molecular flexibility index (Phi) is 3.89. The first-order valence-electron chi connectivity index (χ1n) is 6.00. The Balaban J connectivity index is 2.24. The lowest BCUT2D eigenvalue weighted by atomic mass is 10.1. The molecule has 2 aromatic rings. The van der Waals surface area contributed by atoms with Crippen LogP contribution in [-0.2, 0) is 6.54 Å². The largest absolute Gasteiger partial charge is 0.507 e. The Morgan fingerprint density at radius 3 is 2.30 bits per heavy atom. The van der Waals surface area contributed by atoms with E-state index in [-0.39, 0.29) is 23.6 Å². The summed E-state index contributed by atoms with van der Waals surface area (Å²) in [6.45, 7) is 0.0410. The van der Waals surface area contributed by atoms with E-state index in [1.807, 2.05) is 0 Å². The van der Waals surface area contributed by atoms with Gasteiger partial charge in [-0.05, 0) is 18.2 Å². The lowest BCUT2D eigenvalue weighted by Crippen LogP contribution is -2.26. The first kappa shape index (κ1) is 13.9. The molecule has 0 bridgehead atoms. The van der Waals surface area contributed by atoms with Gasteiger partial charge in [0, 0.05) is 19.2 Å². The van der Waals surface area contributed by atoms with Crippen LogP contribution in [0.3, 0.4) is 0 Å². The van der Waals surface area contributed by atoms with Crippen molar-refractivity contribution >= 4 is 5.91 Å². The minimum absolute atomic E-state index is 0.0410. The molecule has 2 aromatic carbocycles. The summed E-state index contributed by atoms with van der Waals surface area (Å²) in [5.41, 5.74) is 0.171. The van der Waals surface area contributed by atoms with Gasteiger partial charge in [-0.3, -0.25) is 4.79 Å². The maximum Gasteiger partial charge on any atom is 0.261 e. The zero-order chi connectivity index (χ0) is 14.7. The maximum atomic E-state index is 13.5. The monoisotopic (exact) mass is 275 g/mol. The standard InChI is InChI=1S/C15H14FNO3/c1-17(9-10-5-2-3-6-11(10)16)15(20)14-12(18)7-4-8-13(14)19/h2-8,18-19H,9H2,1H3. The van der Waals surface area contributed by atoms with E-state index in [2.05, 4.69) is 0 Å². The summed E-state index contributed by atoms with van der Waals surface area (Å²) in [6.07, 6.45) is 0. The molecular weight excluding hydrogens is 261 g/mol. The molecule has 0 atom stereocenters. The van der Waals surface area contributed by atoms with Crippen molar-refractivity contribution in [3.05, 3.63) is 59.4 Å². The van der Waals surface area contributed by atoms with E-state index in [1.54, 1.807) is 18.2 Å². The van der Waals surface area contributed by atoms with Crippen LogP contribution in [0.5, 0.6) is 11.5 Å². The number of hydrogen-bond donors (Lipinski definition) is 2. The van der Waals surface area contributed by atoms with Crippen molar-refractivity contribution in [1.82, 2.24) is 4.90 Å². The van der Waals surface area contributed by atoms with Crippen molar-refractivity contribution in [3.63, 3.8) is 0 Å². The lowest BCUT2D eigenvalue weighted by molar-refractivity contribution is 0.0777. The highest BCUT2D eigenvalue weighted by molar-refractivity contribution is 5.99. The number of phenols is 2. The predicted molar refractivity (Wildman–Crippen MR) is 72.0 cm³/mol. The Hall–Kier alpha value is -2.56. The van der Waals surface area contributed by atoms with Crippen LogP contribution in [-0.4, -0.2) is 28.1 Å². The van der Waals surface area contributed by atoms with Gasteiger partial charge in [0.1, 0.15) is 22.9 Å². The van der Waals surface area contributed by atoms with Gasteiger partial charge >= 0.3 is 0 Å². The summed E-state index contributed by atoms with van der Waals surface area (Å²) in [5, 5.41) is 19.3. The second-order valence-corrected chi connectivity index (χ2v) is 4.42. The molecule has 0 aliphatic carbocycles. The number of nitrogens with zero attached hydrogens (tertiary/aromatic N) is 1. The molecule has 0 aromatic heterocycles. The van der Waals surface area contributed by atoms with Crippen LogP contribution in [0.1, 0.15) is 15.9 Å². The fourth-order valence-corrected chi connectivity index (χ4v) is 1.89. The number of amides is 1. The number of carbonyl (C=O) groups excluding carboxylic acids is 1. The average molecular weight is 275 g/mol. The van der Waals surface area contributed by atoms with Gasteiger partial charge in [-0.25, -0.2) is 4.39 Å². The SMILES string of the molecule is CN(Cc1ccccc1F)C(=O)c1c(O)cccc1O. The van der Waals surface area contributed by atoms with E-state index < -0.39 is 11.7 Å². The molecule has 0 unspecified atom stereocenters. The van der Waals surface area contributed by atoms with Crippen LogP contribution in [0.4, 0.5) is 4.39 Å². The van der Waals surface area contributed by atoms with Crippen LogP contribution in [0.15, 0.2) is 42.5 Å². The van der Waals surface area contributed by atoms with E-state index in [0.717, 1.165) is 0 Å². The van der Waals surface area contributed by atoms with Crippen molar-refractivity contribution in [2.24, 2.45) is 0 Å². The van der Waals surface area contributed by atoms with E-state index in [1.165, 1.54) is 36.2 Å². The topological polar surface area (TPSA) is 60.8 Å².